The Morgan fingerprint density at radius 1 is 1.33 bits per heavy atom. The van der Waals surface area contributed by atoms with E-state index in [2.05, 4.69) is 15.6 Å². The molecule has 1 unspecified atom stereocenters. The molecule has 1 fully saturated rings. The van der Waals surface area contributed by atoms with Gasteiger partial charge in [-0.3, -0.25) is 0 Å². The summed E-state index contributed by atoms with van der Waals surface area (Å²) in [5.74, 6) is 0.884. The highest BCUT2D eigenvalue weighted by Crippen LogP contribution is 2.14. The zero-order chi connectivity index (χ0) is 10.5. The molecule has 0 aromatic carbocycles. The molecule has 82 valence electrons. The van der Waals surface area contributed by atoms with Gasteiger partial charge in [0.05, 0.1) is 0 Å². The fraction of sp³-hybridized carbons (Fsp3) is 0.545. The number of rotatable bonds is 2. The normalized spacial score (nSPS) is 22.1. The van der Waals surface area contributed by atoms with Gasteiger partial charge in [-0.15, -0.1) is 0 Å². The van der Waals surface area contributed by atoms with Crippen molar-refractivity contribution in [2.75, 3.05) is 18.4 Å². The topological polar surface area (TPSA) is 37.0 Å². The van der Waals surface area contributed by atoms with Crippen LogP contribution in [-0.4, -0.2) is 24.1 Å². The van der Waals surface area contributed by atoms with Crippen LogP contribution in [0.15, 0.2) is 18.2 Å². The molecule has 15 heavy (non-hydrogen) atoms. The minimum absolute atomic E-state index is 0.519. The van der Waals surface area contributed by atoms with E-state index in [-0.39, 0.29) is 0 Å². The number of nitrogens with one attached hydrogen (secondary N) is 2. The first kappa shape index (κ1) is 10.7. The Morgan fingerprint density at radius 2 is 2.27 bits per heavy atom. The summed E-state index contributed by atoms with van der Waals surface area (Å²) in [4.78, 5) is 4.23. The molecule has 2 heterocycles. The largest absolute Gasteiger partial charge is 0.367 e. The lowest BCUT2D eigenvalue weighted by atomic mass is 10.1. The first-order chi connectivity index (χ1) is 7.34. The molecule has 1 aromatic rings. The van der Waals surface area contributed by atoms with Crippen molar-refractivity contribution >= 4 is 17.4 Å². The van der Waals surface area contributed by atoms with Crippen LogP contribution in [0, 0.1) is 0 Å². The quantitative estimate of drug-likeness (QED) is 0.759. The first-order valence-electron chi connectivity index (χ1n) is 5.44. The smallest absolute Gasteiger partial charge is 0.131 e. The molecule has 1 aromatic heterocycles. The molecule has 1 atom stereocenters. The van der Waals surface area contributed by atoms with Gasteiger partial charge in [0.15, 0.2) is 0 Å². The Hall–Kier alpha value is -0.800. The van der Waals surface area contributed by atoms with Gasteiger partial charge in [0, 0.05) is 6.04 Å². The van der Waals surface area contributed by atoms with Gasteiger partial charge in [-0.25, -0.2) is 4.98 Å². The average molecular weight is 226 g/mol. The maximum atomic E-state index is 5.83. The Bertz CT molecular complexity index is 308. The molecule has 2 rings (SSSR count). The maximum absolute atomic E-state index is 5.83. The number of hydrogen-bond donors (Lipinski definition) is 2. The Labute approximate surface area is 95.2 Å². The van der Waals surface area contributed by atoms with Gasteiger partial charge < -0.3 is 10.6 Å². The van der Waals surface area contributed by atoms with E-state index in [1.54, 1.807) is 6.07 Å². The minimum atomic E-state index is 0.519. The molecule has 0 aliphatic carbocycles. The van der Waals surface area contributed by atoms with Crippen LogP contribution in [0.3, 0.4) is 0 Å². The van der Waals surface area contributed by atoms with Crippen molar-refractivity contribution in [3.05, 3.63) is 23.4 Å². The number of pyridine rings is 1. The number of hydrogen-bond acceptors (Lipinski definition) is 3. The van der Waals surface area contributed by atoms with Gasteiger partial charge in [-0.1, -0.05) is 17.7 Å². The molecule has 0 spiro atoms. The van der Waals surface area contributed by atoms with Crippen molar-refractivity contribution in [3.63, 3.8) is 0 Å². The summed E-state index contributed by atoms with van der Waals surface area (Å²) in [6, 6.07) is 6.20. The van der Waals surface area contributed by atoms with Crippen molar-refractivity contribution < 1.29 is 0 Å². The van der Waals surface area contributed by atoms with Gasteiger partial charge in [0.1, 0.15) is 11.0 Å². The van der Waals surface area contributed by atoms with E-state index >= 15 is 0 Å². The van der Waals surface area contributed by atoms with Gasteiger partial charge in [0.2, 0.25) is 0 Å². The summed E-state index contributed by atoms with van der Waals surface area (Å²) < 4.78 is 0. The molecule has 1 saturated heterocycles. The molecule has 4 heteroatoms. The van der Waals surface area contributed by atoms with E-state index in [0.29, 0.717) is 11.2 Å². The maximum Gasteiger partial charge on any atom is 0.131 e. The van der Waals surface area contributed by atoms with Crippen molar-refractivity contribution in [2.24, 2.45) is 0 Å². The molecular formula is C11H16ClN3. The molecule has 0 saturated carbocycles. The molecule has 0 radical (unpaired) electrons. The van der Waals surface area contributed by atoms with Crippen LogP contribution in [0.25, 0.3) is 0 Å². The van der Waals surface area contributed by atoms with Crippen LogP contribution in [0.2, 0.25) is 5.15 Å². The molecule has 2 N–H and O–H groups in total. The van der Waals surface area contributed by atoms with E-state index in [0.717, 1.165) is 25.3 Å². The van der Waals surface area contributed by atoms with Crippen LogP contribution in [-0.2, 0) is 0 Å². The molecule has 0 amide bonds. The van der Waals surface area contributed by atoms with Crippen molar-refractivity contribution in [2.45, 2.75) is 25.3 Å². The second-order valence-corrected chi connectivity index (χ2v) is 4.25. The summed E-state index contributed by atoms with van der Waals surface area (Å²) in [7, 11) is 0. The number of anilines is 1. The van der Waals surface area contributed by atoms with Crippen LogP contribution in [0.5, 0.6) is 0 Å². The number of halogens is 1. The fourth-order valence-corrected chi connectivity index (χ4v) is 2.03. The molecule has 1 aliphatic rings. The third-order valence-electron chi connectivity index (χ3n) is 2.64. The van der Waals surface area contributed by atoms with E-state index in [1.807, 2.05) is 12.1 Å². The van der Waals surface area contributed by atoms with Crippen molar-refractivity contribution in [1.29, 1.82) is 0 Å². The standard InChI is InChI=1S/C11H16ClN3/c12-10-4-1-5-11(15-10)14-9-3-2-7-13-8-6-9/h1,4-5,9,13H,2-3,6-8H2,(H,14,15). The van der Waals surface area contributed by atoms with E-state index in [4.69, 9.17) is 11.6 Å². The predicted molar refractivity (Wildman–Crippen MR) is 63.4 cm³/mol. The van der Waals surface area contributed by atoms with Crippen molar-refractivity contribution in [1.82, 2.24) is 10.3 Å². The third kappa shape index (κ3) is 3.36. The zero-order valence-electron chi connectivity index (χ0n) is 8.67. The lowest BCUT2D eigenvalue weighted by Gasteiger charge is -2.16. The fourth-order valence-electron chi connectivity index (χ4n) is 1.86. The van der Waals surface area contributed by atoms with Gasteiger partial charge >= 0.3 is 0 Å². The molecule has 3 nitrogen and oxygen atoms in total. The second-order valence-electron chi connectivity index (χ2n) is 3.87. The number of aromatic nitrogens is 1. The third-order valence-corrected chi connectivity index (χ3v) is 2.85. The lowest BCUT2D eigenvalue weighted by Crippen LogP contribution is -2.21. The molecule has 1 aliphatic heterocycles. The highest BCUT2D eigenvalue weighted by Gasteiger charge is 2.11. The Morgan fingerprint density at radius 3 is 3.13 bits per heavy atom. The van der Waals surface area contributed by atoms with Gasteiger partial charge in [-0.05, 0) is 44.5 Å². The van der Waals surface area contributed by atoms with Crippen LogP contribution < -0.4 is 10.6 Å². The van der Waals surface area contributed by atoms with E-state index in [1.165, 1.54) is 12.8 Å². The van der Waals surface area contributed by atoms with Crippen LogP contribution >= 0.6 is 11.6 Å². The van der Waals surface area contributed by atoms with Crippen LogP contribution in [0.1, 0.15) is 19.3 Å². The van der Waals surface area contributed by atoms with Gasteiger partial charge in [0.25, 0.3) is 0 Å². The summed E-state index contributed by atoms with van der Waals surface area (Å²) in [6.07, 6.45) is 3.56. The predicted octanol–water partition coefficient (Wildman–Crippen LogP) is 2.29. The number of nitrogens with zero attached hydrogens (tertiary/aromatic N) is 1. The minimum Gasteiger partial charge on any atom is -0.367 e. The first-order valence-corrected chi connectivity index (χ1v) is 5.82. The Kier molecular flexibility index (Phi) is 3.80. The Balaban J connectivity index is 1.95. The van der Waals surface area contributed by atoms with E-state index < -0.39 is 0 Å². The zero-order valence-corrected chi connectivity index (χ0v) is 9.43. The van der Waals surface area contributed by atoms with Gasteiger partial charge in [-0.2, -0.15) is 0 Å². The second kappa shape index (κ2) is 5.33. The summed E-state index contributed by atoms with van der Waals surface area (Å²) in [6.45, 7) is 2.21. The summed E-state index contributed by atoms with van der Waals surface area (Å²) in [5.41, 5.74) is 0. The lowest BCUT2D eigenvalue weighted by molar-refractivity contribution is 0.635. The monoisotopic (exact) mass is 225 g/mol. The summed E-state index contributed by atoms with van der Waals surface area (Å²) in [5, 5.41) is 7.36. The van der Waals surface area contributed by atoms with Crippen molar-refractivity contribution in [3.8, 4) is 0 Å². The molecule has 0 bridgehead atoms. The highest BCUT2D eigenvalue weighted by molar-refractivity contribution is 6.29. The molecular weight excluding hydrogens is 210 g/mol. The van der Waals surface area contributed by atoms with Crippen LogP contribution in [0.4, 0.5) is 5.82 Å². The highest BCUT2D eigenvalue weighted by atomic mass is 35.5. The SMILES string of the molecule is Clc1cccc(NC2CCCNCC2)n1. The average Bonchev–Trinajstić information content (AvgIpc) is 2.46. The summed E-state index contributed by atoms with van der Waals surface area (Å²) >= 11 is 5.83. The van der Waals surface area contributed by atoms with E-state index in [9.17, 15) is 0 Å².